The Morgan fingerprint density at radius 3 is 2.10 bits per heavy atom. The second-order valence-corrected chi connectivity index (χ2v) is 14.6. The molecule has 14 unspecified atom stereocenters. The van der Waals surface area contributed by atoms with Gasteiger partial charge in [-0.05, 0) is 154 Å². The van der Waals surface area contributed by atoms with Crippen LogP contribution in [0.4, 0.5) is 0 Å². The number of Topliss-reactive ketones (excluding diaryl/α,β-unsaturated/α-hetero) is 1. The third kappa shape index (κ3) is 1.73. The smallest absolute Gasteiger partial charge is 0.145 e. The van der Waals surface area contributed by atoms with E-state index in [4.69, 9.17) is 0 Å². The first-order chi connectivity index (χ1) is 14.7. The number of hydrogen-bond donors (Lipinski definition) is 0. The number of hydrogen-bond acceptors (Lipinski definition) is 1. The highest BCUT2D eigenvalue weighted by atomic mass is 16.1. The molecule has 1 nitrogen and oxygen atoms in total. The molecule has 9 aliphatic carbocycles. The topological polar surface area (TPSA) is 17.1 Å². The van der Waals surface area contributed by atoms with Crippen molar-refractivity contribution in [3.63, 3.8) is 0 Å². The zero-order valence-electron chi connectivity index (χ0n) is 18.7. The van der Waals surface area contributed by atoms with Crippen LogP contribution in [0.2, 0.25) is 0 Å². The lowest BCUT2D eigenvalue weighted by atomic mass is 9.59. The fraction of sp³-hybridized carbons (Fsp3) is 0.966. The Balaban J connectivity index is 0.977. The van der Waals surface area contributed by atoms with Crippen LogP contribution < -0.4 is 0 Å². The molecule has 8 bridgehead atoms. The van der Waals surface area contributed by atoms with Crippen molar-refractivity contribution < 1.29 is 4.79 Å². The van der Waals surface area contributed by atoms with E-state index < -0.39 is 0 Å². The number of rotatable bonds is 1. The van der Waals surface area contributed by atoms with Crippen molar-refractivity contribution in [2.24, 2.45) is 81.8 Å². The third-order valence-corrected chi connectivity index (χ3v) is 14.4. The van der Waals surface area contributed by atoms with Crippen LogP contribution in [0, 0.1) is 81.8 Å². The van der Waals surface area contributed by atoms with Gasteiger partial charge in [-0.3, -0.25) is 4.79 Å². The molecule has 9 rings (SSSR count). The summed E-state index contributed by atoms with van der Waals surface area (Å²) < 4.78 is 0. The summed E-state index contributed by atoms with van der Waals surface area (Å²) in [6.45, 7) is 0. The summed E-state index contributed by atoms with van der Waals surface area (Å²) in [6, 6.07) is 0. The first-order valence-electron chi connectivity index (χ1n) is 14.2. The molecule has 0 N–H and O–H groups in total. The molecule has 1 heteroatoms. The zero-order chi connectivity index (χ0) is 19.4. The number of fused-ring (bicyclic) bond motifs is 15. The minimum Gasteiger partial charge on any atom is -0.298 e. The van der Waals surface area contributed by atoms with E-state index >= 15 is 0 Å². The van der Waals surface area contributed by atoms with Crippen molar-refractivity contribution in [3.8, 4) is 0 Å². The van der Waals surface area contributed by atoms with Gasteiger partial charge in [-0.15, -0.1) is 0 Å². The van der Waals surface area contributed by atoms with Crippen LogP contribution in [0.3, 0.4) is 0 Å². The normalized spacial score (nSPS) is 68.5. The molecular weight excluding hydrogens is 364 g/mol. The molecule has 0 heterocycles. The first-order valence-corrected chi connectivity index (χ1v) is 14.2. The summed E-state index contributed by atoms with van der Waals surface area (Å²) in [7, 11) is 0. The molecule has 9 saturated carbocycles. The quantitative estimate of drug-likeness (QED) is 0.456. The third-order valence-electron chi connectivity index (χ3n) is 14.4. The van der Waals surface area contributed by atoms with Gasteiger partial charge in [-0.2, -0.15) is 0 Å². The molecule has 9 fully saturated rings. The lowest BCUT2D eigenvalue weighted by molar-refractivity contribution is -0.139. The highest BCUT2D eigenvalue weighted by Crippen LogP contribution is 2.75. The van der Waals surface area contributed by atoms with E-state index in [1.54, 1.807) is 32.1 Å². The Morgan fingerprint density at radius 2 is 1.37 bits per heavy atom. The Kier molecular flexibility index (Phi) is 3.01. The lowest BCUT2D eigenvalue weighted by Crippen LogP contribution is -2.44. The summed E-state index contributed by atoms with van der Waals surface area (Å²) in [5.74, 6) is 13.3. The maximum atomic E-state index is 14.1. The van der Waals surface area contributed by atoms with Gasteiger partial charge in [0, 0.05) is 10.8 Å². The fourth-order valence-electron chi connectivity index (χ4n) is 13.9. The van der Waals surface area contributed by atoms with Crippen molar-refractivity contribution >= 4 is 5.78 Å². The Morgan fingerprint density at radius 1 is 0.567 bits per heavy atom. The van der Waals surface area contributed by atoms with Crippen molar-refractivity contribution in [2.75, 3.05) is 0 Å². The van der Waals surface area contributed by atoms with Gasteiger partial charge in [-0.1, -0.05) is 6.42 Å². The summed E-state index contributed by atoms with van der Waals surface area (Å²) in [5, 5.41) is 0. The van der Waals surface area contributed by atoms with Gasteiger partial charge in [0.05, 0.1) is 0 Å². The standard InChI is InChI=1S/C29H40O/c30-27-28(13-15-1-4-20(28)7-15)5-6-29(27)14-19-9-21(29)12-22(19)23-10-18-11-24(23)26-17-3-2-16(8-17)25(18)26/h15-26H,1-14H2. The predicted octanol–water partition coefficient (Wildman–Crippen LogP) is 6.51. The highest BCUT2D eigenvalue weighted by molar-refractivity contribution is 5.94. The SMILES string of the molecule is O=C1C2(CCC13CC1CC3CC1C1CC3CC1C1C4CCC(C4)C31)CC1CCC2C1. The Bertz CT molecular complexity index is 830. The minimum atomic E-state index is 0.179. The van der Waals surface area contributed by atoms with E-state index in [1.807, 2.05) is 0 Å². The van der Waals surface area contributed by atoms with Crippen molar-refractivity contribution in [1.29, 1.82) is 0 Å². The average Bonchev–Trinajstić information content (AvgIpc) is 3.59. The van der Waals surface area contributed by atoms with E-state index in [9.17, 15) is 4.79 Å². The zero-order valence-corrected chi connectivity index (χ0v) is 18.7. The second kappa shape index (κ2) is 5.25. The fourth-order valence-corrected chi connectivity index (χ4v) is 13.9. The average molecular weight is 405 g/mol. The summed E-state index contributed by atoms with van der Waals surface area (Å²) in [6.07, 6.45) is 20.4. The van der Waals surface area contributed by atoms with Gasteiger partial charge in [0.15, 0.2) is 0 Å². The summed E-state index contributed by atoms with van der Waals surface area (Å²) in [4.78, 5) is 14.1. The van der Waals surface area contributed by atoms with Crippen molar-refractivity contribution in [3.05, 3.63) is 0 Å². The van der Waals surface area contributed by atoms with E-state index in [0.717, 1.165) is 70.9 Å². The van der Waals surface area contributed by atoms with E-state index in [1.165, 1.54) is 63.7 Å². The molecule has 0 aliphatic heterocycles. The van der Waals surface area contributed by atoms with Crippen LogP contribution in [-0.4, -0.2) is 5.78 Å². The molecule has 9 aliphatic rings. The molecule has 0 amide bonds. The van der Waals surface area contributed by atoms with Gasteiger partial charge in [-0.25, -0.2) is 0 Å². The molecule has 0 saturated heterocycles. The number of ketones is 1. The van der Waals surface area contributed by atoms with Crippen LogP contribution in [-0.2, 0) is 4.79 Å². The summed E-state index contributed by atoms with van der Waals surface area (Å²) >= 11 is 0. The van der Waals surface area contributed by atoms with Crippen LogP contribution >= 0.6 is 0 Å². The molecule has 2 spiro atoms. The van der Waals surface area contributed by atoms with Crippen LogP contribution in [0.25, 0.3) is 0 Å². The van der Waals surface area contributed by atoms with Crippen molar-refractivity contribution in [2.45, 2.75) is 89.9 Å². The Labute approximate surface area is 182 Å². The highest BCUT2D eigenvalue weighted by Gasteiger charge is 2.71. The lowest BCUT2D eigenvalue weighted by Gasteiger charge is -2.45. The molecule has 162 valence electrons. The van der Waals surface area contributed by atoms with Gasteiger partial charge in [0.1, 0.15) is 5.78 Å². The van der Waals surface area contributed by atoms with Gasteiger partial charge >= 0.3 is 0 Å². The first kappa shape index (κ1) is 17.2. The van der Waals surface area contributed by atoms with Gasteiger partial charge in [0.2, 0.25) is 0 Å². The molecule has 0 radical (unpaired) electrons. The second-order valence-electron chi connectivity index (χ2n) is 14.6. The Hall–Kier alpha value is -0.330. The van der Waals surface area contributed by atoms with Crippen LogP contribution in [0.5, 0.6) is 0 Å². The number of carbonyl (C=O) groups is 1. The predicted molar refractivity (Wildman–Crippen MR) is 116 cm³/mol. The molecular formula is C29H40O. The van der Waals surface area contributed by atoms with E-state index in [-0.39, 0.29) is 10.8 Å². The molecule has 0 aromatic rings. The van der Waals surface area contributed by atoms with Crippen LogP contribution in [0.15, 0.2) is 0 Å². The molecule has 0 aromatic carbocycles. The minimum absolute atomic E-state index is 0.179. The molecule has 14 atom stereocenters. The molecule has 30 heavy (non-hydrogen) atoms. The molecule has 0 aromatic heterocycles. The summed E-state index contributed by atoms with van der Waals surface area (Å²) in [5.41, 5.74) is 0.365. The monoisotopic (exact) mass is 404 g/mol. The maximum Gasteiger partial charge on any atom is 0.145 e. The number of carbonyl (C=O) groups excluding carboxylic acids is 1. The van der Waals surface area contributed by atoms with Crippen molar-refractivity contribution in [1.82, 2.24) is 0 Å². The van der Waals surface area contributed by atoms with Gasteiger partial charge < -0.3 is 0 Å². The van der Waals surface area contributed by atoms with E-state index in [2.05, 4.69) is 0 Å². The van der Waals surface area contributed by atoms with Gasteiger partial charge in [0.25, 0.3) is 0 Å². The largest absolute Gasteiger partial charge is 0.298 e. The van der Waals surface area contributed by atoms with E-state index in [0.29, 0.717) is 0 Å². The maximum absolute atomic E-state index is 14.1. The van der Waals surface area contributed by atoms with Crippen LogP contribution in [0.1, 0.15) is 89.9 Å².